The number of carbonyl (C=O) groups excluding carboxylic acids is 4. The molecule has 11 nitrogen and oxygen atoms in total. The lowest BCUT2D eigenvalue weighted by atomic mass is 9.83. The molecule has 2 saturated carbocycles. The SMILES string of the molecule is CNC(=O)C1(N2CC(CC3CCCCC3)NC2=O)Cc2ccc(NC(=O)[C@@H](NC(=O)c3ccnn3C)C3CCCCC3)cc2C1. The number of amides is 5. The van der Waals surface area contributed by atoms with Crippen molar-refractivity contribution in [1.29, 1.82) is 0 Å². The van der Waals surface area contributed by atoms with Crippen LogP contribution in [-0.4, -0.2) is 69.6 Å². The monoisotopic (exact) mass is 617 g/mol. The zero-order chi connectivity index (χ0) is 31.6. The molecule has 6 rings (SSSR count). The molecule has 3 aliphatic carbocycles. The summed E-state index contributed by atoms with van der Waals surface area (Å²) >= 11 is 0. The molecule has 2 heterocycles. The van der Waals surface area contributed by atoms with E-state index < -0.39 is 11.6 Å². The summed E-state index contributed by atoms with van der Waals surface area (Å²) in [5, 5.41) is 16.2. The van der Waals surface area contributed by atoms with E-state index in [9.17, 15) is 19.2 Å². The van der Waals surface area contributed by atoms with Gasteiger partial charge in [-0.25, -0.2) is 4.79 Å². The molecule has 45 heavy (non-hydrogen) atoms. The fourth-order valence-electron chi connectivity index (χ4n) is 8.27. The number of hydrogen-bond acceptors (Lipinski definition) is 5. The quantitative estimate of drug-likeness (QED) is 0.340. The molecule has 3 fully saturated rings. The first-order chi connectivity index (χ1) is 21.8. The summed E-state index contributed by atoms with van der Waals surface area (Å²) < 4.78 is 1.50. The fraction of sp³-hybridized carbons (Fsp3) is 0.618. The molecule has 1 aliphatic heterocycles. The minimum absolute atomic E-state index is 0.0407. The Bertz CT molecular complexity index is 1430. The molecule has 1 aromatic carbocycles. The first kappa shape index (κ1) is 31.1. The van der Waals surface area contributed by atoms with Gasteiger partial charge in [-0.3, -0.25) is 19.1 Å². The Morgan fingerprint density at radius 1 is 1.00 bits per heavy atom. The van der Waals surface area contributed by atoms with Crippen LogP contribution in [0.15, 0.2) is 30.5 Å². The van der Waals surface area contributed by atoms with Crippen LogP contribution in [0.2, 0.25) is 0 Å². The molecule has 1 saturated heterocycles. The number of nitrogens with zero attached hydrogens (tertiary/aromatic N) is 3. The van der Waals surface area contributed by atoms with Gasteiger partial charge < -0.3 is 26.2 Å². The van der Waals surface area contributed by atoms with E-state index in [1.807, 2.05) is 18.2 Å². The number of rotatable bonds is 9. The van der Waals surface area contributed by atoms with E-state index in [1.165, 1.54) is 36.8 Å². The third-order valence-electron chi connectivity index (χ3n) is 10.7. The molecule has 0 spiro atoms. The molecule has 11 heteroatoms. The van der Waals surface area contributed by atoms with Crippen molar-refractivity contribution in [1.82, 2.24) is 30.6 Å². The highest BCUT2D eigenvalue weighted by Gasteiger charge is 2.53. The maximum Gasteiger partial charge on any atom is 0.318 e. The van der Waals surface area contributed by atoms with Crippen LogP contribution in [0.5, 0.6) is 0 Å². The van der Waals surface area contributed by atoms with Crippen LogP contribution in [0, 0.1) is 11.8 Å². The number of fused-ring (bicyclic) bond motifs is 1. The Hall–Kier alpha value is -3.89. The summed E-state index contributed by atoms with van der Waals surface area (Å²) in [7, 11) is 3.33. The van der Waals surface area contributed by atoms with Gasteiger partial charge in [-0.2, -0.15) is 5.10 Å². The summed E-state index contributed by atoms with van der Waals surface area (Å²) in [6.45, 7) is 0.514. The van der Waals surface area contributed by atoms with Crippen LogP contribution < -0.4 is 21.3 Å². The van der Waals surface area contributed by atoms with E-state index in [4.69, 9.17) is 0 Å². The minimum Gasteiger partial charge on any atom is -0.357 e. The number of hydrogen-bond donors (Lipinski definition) is 4. The lowest BCUT2D eigenvalue weighted by Gasteiger charge is -2.36. The van der Waals surface area contributed by atoms with Crippen LogP contribution in [-0.2, 0) is 29.5 Å². The molecule has 0 radical (unpaired) electrons. The fourth-order valence-corrected chi connectivity index (χ4v) is 8.27. The van der Waals surface area contributed by atoms with Crippen LogP contribution in [0.25, 0.3) is 0 Å². The average Bonchev–Trinajstić information content (AvgIpc) is 3.76. The Morgan fingerprint density at radius 3 is 2.40 bits per heavy atom. The smallest absolute Gasteiger partial charge is 0.318 e. The van der Waals surface area contributed by atoms with Crippen molar-refractivity contribution in [2.75, 3.05) is 18.9 Å². The molecule has 0 bridgehead atoms. The summed E-state index contributed by atoms with van der Waals surface area (Å²) in [6, 6.07) is 6.55. The molecular formula is C34H47N7O4. The zero-order valence-electron chi connectivity index (χ0n) is 26.6. The van der Waals surface area contributed by atoms with E-state index in [-0.39, 0.29) is 35.7 Å². The first-order valence-corrected chi connectivity index (χ1v) is 16.8. The third-order valence-corrected chi connectivity index (χ3v) is 10.7. The average molecular weight is 618 g/mol. The van der Waals surface area contributed by atoms with Crippen LogP contribution in [0.3, 0.4) is 0 Å². The number of urea groups is 1. The Kier molecular flexibility index (Phi) is 9.14. The zero-order valence-corrected chi connectivity index (χ0v) is 26.6. The van der Waals surface area contributed by atoms with Crippen molar-refractivity contribution >= 4 is 29.4 Å². The van der Waals surface area contributed by atoms with Gasteiger partial charge in [-0.1, -0.05) is 57.4 Å². The van der Waals surface area contributed by atoms with Gasteiger partial charge in [-0.05, 0) is 60.4 Å². The highest BCUT2D eigenvalue weighted by atomic mass is 16.2. The van der Waals surface area contributed by atoms with Crippen molar-refractivity contribution < 1.29 is 19.2 Å². The van der Waals surface area contributed by atoms with E-state index in [0.29, 0.717) is 36.7 Å². The molecule has 242 valence electrons. The molecule has 4 aliphatic rings. The van der Waals surface area contributed by atoms with Crippen molar-refractivity contribution in [3.05, 3.63) is 47.3 Å². The van der Waals surface area contributed by atoms with Crippen LogP contribution >= 0.6 is 0 Å². The summed E-state index contributed by atoms with van der Waals surface area (Å²) in [5.74, 6) is -0.0825. The Balaban J connectivity index is 1.18. The van der Waals surface area contributed by atoms with E-state index in [1.54, 1.807) is 31.3 Å². The van der Waals surface area contributed by atoms with Gasteiger partial charge in [0.25, 0.3) is 5.91 Å². The molecule has 5 amide bonds. The van der Waals surface area contributed by atoms with E-state index in [0.717, 1.165) is 49.7 Å². The molecular weight excluding hydrogens is 570 g/mol. The topological polar surface area (TPSA) is 137 Å². The second-order valence-corrected chi connectivity index (χ2v) is 13.6. The predicted octanol–water partition coefficient (Wildman–Crippen LogP) is 3.69. The third kappa shape index (κ3) is 6.44. The number of aromatic nitrogens is 2. The van der Waals surface area contributed by atoms with Crippen molar-refractivity contribution in [3.8, 4) is 0 Å². The molecule has 3 atom stereocenters. The molecule has 2 aromatic rings. The number of aryl methyl sites for hydroxylation is 1. The lowest BCUT2D eigenvalue weighted by Crippen LogP contribution is -2.60. The van der Waals surface area contributed by atoms with E-state index in [2.05, 4.69) is 26.4 Å². The summed E-state index contributed by atoms with van der Waals surface area (Å²) in [5.41, 5.74) is 1.93. The largest absolute Gasteiger partial charge is 0.357 e. The minimum atomic E-state index is -1.02. The number of benzene rings is 1. The maximum atomic E-state index is 13.8. The van der Waals surface area contributed by atoms with Gasteiger partial charge in [0.2, 0.25) is 11.8 Å². The second kappa shape index (κ2) is 13.2. The molecule has 1 aromatic heterocycles. The highest BCUT2D eigenvalue weighted by Crippen LogP contribution is 2.39. The number of likely N-dealkylation sites (N-methyl/N-ethyl adjacent to an activating group) is 1. The number of carbonyl (C=O) groups is 4. The van der Waals surface area contributed by atoms with Gasteiger partial charge >= 0.3 is 6.03 Å². The normalized spacial score (nSPS) is 24.5. The van der Waals surface area contributed by atoms with Crippen molar-refractivity contribution in [2.24, 2.45) is 18.9 Å². The predicted molar refractivity (Wildman–Crippen MR) is 171 cm³/mol. The van der Waals surface area contributed by atoms with Crippen molar-refractivity contribution in [3.63, 3.8) is 0 Å². The van der Waals surface area contributed by atoms with Gasteiger partial charge in [0, 0.05) is 51.4 Å². The van der Waals surface area contributed by atoms with Crippen LogP contribution in [0.1, 0.15) is 92.2 Å². The number of nitrogens with one attached hydrogen (secondary N) is 4. The van der Waals surface area contributed by atoms with Gasteiger partial charge in [0.1, 0.15) is 17.3 Å². The lowest BCUT2D eigenvalue weighted by molar-refractivity contribution is -0.130. The maximum absolute atomic E-state index is 13.8. The van der Waals surface area contributed by atoms with E-state index >= 15 is 0 Å². The van der Waals surface area contributed by atoms with Gasteiger partial charge in [0.15, 0.2) is 0 Å². The standard InChI is InChI=1S/C34H47N7O4/c1-35-32(44)34(41-21-27(38-33(41)45)17-22-9-5-3-6-10-22)19-24-13-14-26(18-25(24)20-34)37-31(43)29(23-11-7-4-8-12-23)39-30(42)28-15-16-36-40(28)2/h13-16,18,22-23,27,29H,3-12,17,19-21H2,1-2H3,(H,35,44)(H,37,43)(H,38,45)(H,39,42)/t27?,29-,34?/m0/s1. The summed E-state index contributed by atoms with van der Waals surface area (Å²) in [4.78, 5) is 55.5. The van der Waals surface area contributed by atoms with Gasteiger partial charge in [0.05, 0.1) is 0 Å². The Labute approximate surface area is 265 Å². The van der Waals surface area contributed by atoms with Gasteiger partial charge in [-0.15, -0.1) is 0 Å². The Morgan fingerprint density at radius 2 is 1.71 bits per heavy atom. The second-order valence-electron chi connectivity index (χ2n) is 13.6. The molecule has 2 unspecified atom stereocenters. The highest BCUT2D eigenvalue weighted by molar-refractivity contribution is 6.01. The van der Waals surface area contributed by atoms with Crippen molar-refractivity contribution in [2.45, 2.75) is 101 Å². The van der Waals surface area contributed by atoms with Crippen LogP contribution in [0.4, 0.5) is 10.5 Å². The first-order valence-electron chi connectivity index (χ1n) is 16.8. The molecule has 4 N–H and O–H groups in total. The number of anilines is 1. The summed E-state index contributed by atoms with van der Waals surface area (Å²) in [6.07, 6.45) is 14.5.